The molecule has 0 bridgehead atoms. The van der Waals surface area contributed by atoms with Crippen LogP contribution in [-0.4, -0.2) is 44.7 Å². The third-order valence-corrected chi connectivity index (χ3v) is 9.89. The number of carbonyl (C=O) groups is 5. The van der Waals surface area contributed by atoms with Crippen molar-refractivity contribution in [3.05, 3.63) is 64.7 Å². The van der Waals surface area contributed by atoms with E-state index in [0.717, 1.165) is 18.1 Å². The summed E-state index contributed by atoms with van der Waals surface area (Å²) >= 11 is 0. The van der Waals surface area contributed by atoms with E-state index in [9.17, 15) is 34.2 Å². The minimum atomic E-state index is -2.68. The summed E-state index contributed by atoms with van der Waals surface area (Å²) in [5, 5.41) is 22.9. The number of aliphatic hydroxyl groups is 1. The Hall–Kier alpha value is -3.45. The Labute approximate surface area is 234 Å². The summed E-state index contributed by atoms with van der Waals surface area (Å²) in [6.07, 6.45) is 1.64. The molecule has 3 unspecified atom stereocenters. The van der Waals surface area contributed by atoms with Crippen molar-refractivity contribution in [3.8, 4) is 5.75 Å². The van der Waals surface area contributed by atoms with Crippen molar-refractivity contribution in [2.75, 3.05) is 0 Å². The predicted octanol–water partition coefficient (Wildman–Crippen LogP) is 3.88. The molecule has 2 aromatic rings. The molecule has 6 atom stereocenters. The number of rotatable bonds is 5. The molecule has 0 aromatic heterocycles. The molecule has 2 N–H and O–H groups in total. The molecule has 0 saturated heterocycles. The van der Waals surface area contributed by atoms with Crippen LogP contribution in [0.3, 0.4) is 0 Å². The average molecular weight is 545 g/mol. The minimum absolute atomic E-state index is 0.0523. The highest BCUT2D eigenvalue weighted by Crippen LogP contribution is 2.63. The summed E-state index contributed by atoms with van der Waals surface area (Å²) in [6.45, 7) is 8.05. The SMILES string of the molecule is CC(=O)C1C(=O)C(C(C)C)[C@@]2(C)C[C@@]3(C)Cc4c(CCc5ccccc5)ccc(O)c4C(=O)C3C(=O)[C@@]2(O)C1=O. The molecule has 0 heterocycles. The first kappa shape index (κ1) is 28.1. The van der Waals surface area contributed by atoms with Crippen molar-refractivity contribution < 1.29 is 34.2 Å². The van der Waals surface area contributed by atoms with Gasteiger partial charge in [-0.05, 0) is 66.7 Å². The summed E-state index contributed by atoms with van der Waals surface area (Å²) in [5.74, 6) is -8.73. The third-order valence-electron chi connectivity index (χ3n) is 9.89. The van der Waals surface area contributed by atoms with Crippen molar-refractivity contribution in [3.63, 3.8) is 0 Å². The summed E-state index contributed by atoms with van der Waals surface area (Å²) < 4.78 is 0. The van der Waals surface area contributed by atoms with E-state index in [1.807, 2.05) is 30.3 Å². The molecule has 0 aliphatic heterocycles. The molecule has 3 aliphatic carbocycles. The van der Waals surface area contributed by atoms with E-state index in [0.29, 0.717) is 18.4 Å². The van der Waals surface area contributed by atoms with Crippen LogP contribution < -0.4 is 0 Å². The lowest BCUT2D eigenvalue weighted by atomic mass is 9.40. The zero-order valence-electron chi connectivity index (χ0n) is 23.6. The Morgan fingerprint density at radius 3 is 2.23 bits per heavy atom. The smallest absolute Gasteiger partial charge is 0.190 e. The number of phenols is 1. The van der Waals surface area contributed by atoms with Crippen LogP contribution in [0.15, 0.2) is 42.5 Å². The van der Waals surface area contributed by atoms with Crippen molar-refractivity contribution in [2.45, 2.75) is 65.9 Å². The lowest BCUT2D eigenvalue weighted by Crippen LogP contribution is -2.76. The van der Waals surface area contributed by atoms with Crippen molar-refractivity contribution in [1.29, 1.82) is 0 Å². The van der Waals surface area contributed by atoms with E-state index in [-0.39, 0.29) is 30.1 Å². The summed E-state index contributed by atoms with van der Waals surface area (Å²) in [4.78, 5) is 68.2. The molecule has 3 aliphatic rings. The van der Waals surface area contributed by atoms with Gasteiger partial charge in [-0.25, -0.2) is 0 Å². The molecule has 7 heteroatoms. The van der Waals surface area contributed by atoms with Gasteiger partial charge >= 0.3 is 0 Å². The third kappa shape index (κ3) is 3.70. The van der Waals surface area contributed by atoms with Crippen LogP contribution >= 0.6 is 0 Å². The van der Waals surface area contributed by atoms with Gasteiger partial charge in [0, 0.05) is 11.3 Å². The first-order valence-corrected chi connectivity index (χ1v) is 14.0. The number of benzene rings is 2. The second kappa shape index (κ2) is 9.30. The summed E-state index contributed by atoms with van der Waals surface area (Å²) in [6, 6.07) is 13.2. The lowest BCUT2D eigenvalue weighted by Gasteiger charge is -2.61. The fourth-order valence-electron chi connectivity index (χ4n) is 8.36. The Bertz CT molecular complexity index is 1460. The van der Waals surface area contributed by atoms with E-state index < -0.39 is 63.1 Å². The highest BCUT2D eigenvalue weighted by Gasteiger charge is 2.76. The number of fused-ring (bicyclic) bond motifs is 3. The van der Waals surface area contributed by atoms with Gasteiger partial charge in [0.2, 0.25) is 0 Å². The molecule has 2 aromatic carbocycles. The van der Waals surface area contributed by atoms with Gasteiger partial charge in [0.25, 0.3) is 0 Å². The molecule has 7 nitrogen and oxygen atoms in total. The van der Waals surface area contributed by atoms with Crippen LogP contribution in [0.4, 0.5) is 0 Å². The number of hydrogen-bond acceptors (Lipinski definition) is 7. The van der Waals surface area contributed by atoms with Gasteiger partial charge in [-0.3, -0.25) is 24.0 Å². The average Bonchev–Trinajstić information content (AvgIpc) is 2.86. The highest BCUT2D eigenvalue weighted by atomic mass is 16.3. The maximum Gasteiger partial charge on any atom is 0.190 e. The van der Waals surface area contributed by atoms with E-state index >= 15 is 0 Å². The van der Waals surface area contributed by atoms with Crippen LogP contribution in [0.2, 0.25) is 0 Å². The van der Waals surface area contributed by atoms with Gasteiger partial charge in [-0.1, -0.05) is 64.1 Å². The standard InChI is InChI=1S/C33H36O7/c1-17(2)25-27(36)23(18(3)34)29(38)33(40)30(39)26-28(37)24-21(15-31(26,4)16-32(25,33)5)20(13-14-22(24)35)12-11-19-9-7-6-8-10-19/h6-10,13-14,17,23,25-26,35,40H,11-12,15-16H2,1-5H3/t23?,25?,26?,31-,32-,33+/m1/s1. The number of carbonyl (C=O) groups excluding carboxylic acids is 5. The first-order valence-electron chi connectivity index (χ1n) is 14.0. The van der Waals surface area contributed by atoms with Gasteiger partial charge in [0.15, 0.2) is 28.7 Å². The predicted molar refractivity (Wildman–Crippen MR) is 147 cm³/mol. The molecule has 5 rings (SSSR count). The molecule has 2 saturated carbocycles. The van der Waals surface area contributed by atoms with Crippen LogP contribution in [0.25, 0.3) is 0 Å². The zero-order chi connectivity index (χ0) is 29.4. The van der Waals surface area contributed by atoms with Gasteiger partial charge in [-0.15, -0.1) is 0 Å². The minimum Gasteiger partial charge on any atom is -0.507 e. The molecule has 0 amide bonds. The Morgan fingerprint density at radius 2 is 1.62 bits per heavy atom. The van der Waals surface area contributed by atoms with E-state index in [2.05, 4.69) is 0 Å². The van der Waals surface area contributed by atoms with Crippen LogP contribution in [0.5, 0.6) is 5.75 Å². The molecular weight excluding hydrogens is 508 g/mol. The number of aromatic hydroxyl groups is 1. The number of aryl methyl sites for hydroxylation is 2. The molecule has 0 radical (unpaired) electrons. The second-order valence-corrected chi connectivity index (χ2v) is 12.9. The molecule has 0 spiro atoms. The van der Waals surface area contributed by atoms with Gasteiger partial charge in [0.05, 0.1) is 11.5 Å². The van der Waals surface area contributed by atoms with Crippen LogP contribution in [0.1, 0.15) is 68.1 Å². The Balaban J connectivity index is 1.65. The van der Waals surface area contributed by atoms with Crippen molar-refractivity contribution in [1.82, 2.24) is 0 Å². The summed E-state index contributed by atoms with van der Waals surface area (Å²) in [5.41, 5.74) is -2.48. The van der Waals surface area contributed by atoms with Gasteiger partial charge < -0.3 is 10.2 Å². The maximum atomic E-state index is 14.3. The Morgan fingerprint density at radius 1 is 0.975 bits per heavy atom. The highest BCUT2D eigenvalue weighted by molar-refractivity contribution is 6.32. The normalized spacial score (nSPS) is 33.4. The van der Waals surface area contributed by atoms with Crippen molar-refractivity contribution in [2.24, 2.45) is 34.5 Å². The Kier molecular flexibility index (Phi) is 6.53. The van der Waals surface area contributed by atoms with Crippen molar-refractivity contribution >= 4 is 28.9 Å². The fourth-order valence-corrected chi connectivity index (χ4v) is 8.36. The van der Waals surface area contributed by atoms with Gasteiger partial charge in [0.1, 0.15) is 17.5 Å². The monoisotopic (exact) mass is 544 g/mol. The van der Waals surface area contributed by atoms with E-state index in [4.69, 9.17) is 0 Å². The number of hydrogen-bond donors (Lipinski definition) is 2. The summed E-state index contributed by atoms with van der Waals surface area (Å²) in [7, 11) is 0. The quantitative estimate of drug-likeness (QED) is 0.547. The van der Waals surface area contributed by atoms with E-state index in [1.165, 1.54) is 6.07 Å². The van der Waals surface area contributed by atoms with E-state index in [1.54, 1.807) is 33.8 Å². The molecule has 40 heavy (non-hydrogen) atoms. The fraction of sp³-hybridized carbons (Fsp3) is 0.485. The van der Waals surface area contributed by atoms with Gasteiger partial charge in [-0.2, -0.15) is 0 Å². The molecule has 210 valence electrons. The maximum absolute atomic E-state index is 14.3. The second-order valence-electron chi connectivity index (χ2n) is 12.9. The number of phenolic OH excluding ortho intramolecular Hbond substituents is 1. The molecular formula is C33H36O7. The number of Topliss-reactive ketones (excluding diaryl/α,β-unsaturated/α-hetero) is 5. The number of ketones is 5. The van der Waals surface area contributed by atoms with Crippen LogP contribution in [-0.2, 0) is 38.4 Å². The lowest BCUT2D eigenvalue weighted by molar-refractivity contribution is -0.205. The largest absolute Gasteiger partial charge is 0.507 e. The molecule has 2 fully saturated rings. The first-order chi connectivity index (χ1) is 18.7. The topological polar surface area (TPSA) is 126 Å². The zero-order valence-corrected chi connectivity index (χ0v) is 23.6. The van der Waals surface area contributed by atoms with Crippen LogP contribution in [0, 0.1) is 34.5 Å².